The molecule has 19 heavy (non-hydrogen) atoms. The van der Waals surface area contributed by atoms with E-state index in [4.69, 9.17) is 10.2 Å². The van der Waals surface area contributed by atoms with Crippen molar-refractivity contribution < 1.29 is 8.81 Å². The second-order valence-corrected chi connectivity index (χ2v) is 4.94. The number of rotatable bonds is 3. The number of nitrogens with zero attached hydrogens (tertiary/aromatic N) is 1. The molecule has 0 bridgehead atoms. The lowest BCUT2D eigenvalue weighted by Gasteiger charge is -2.05. The van der Waals surface area contributed by atoms with E-state index in [-0.39, 0.29) is 12.4 Å². The fraction of sp³-hybridized carbons (Fsp3) is 0.0714. The van der Waals surface area contributed by atoms with Crippen LogP contribution >= 0.6 is 11.8 Å². The van der Waals surface area contributed by atoms with Crippen molar-refractivity contribution in [2.24, 2.45) is 5.73 Å². The minimum absolute atomic E-state index is 0.278. The number of aromatic nitrogens is 1. The number of nitrogens with two attached hydrogens (primary N) is 1. The van der Waals surface area contributed by atoms with Crippen molar-refractivity contribution in [3.05, 3.63) is 53.8 Å². The van der Waals surface area contributed by atoms with Crippen molar-refractivity contribution >= 4 is 22.9 Å². The summed E-state index contributed by atoms with van der Waals surface area (Å²) < 4.78 is 19.4. The zero-order chi connectivity index (χ0) is 13.2. The summed E-state index contributed by atoms with van der Waals surface area (Å²) in [4.78, 5) is 4.78. The Bertz CT molecular complexity index is 693. The quantitative estimate of drug-likeness (QED) is 0.793. The van der Waals surface area contributed by atoms with Crippen LogP contribution in [0, 0.1) is 5.82 Å². The standard InChI is InChI=1S/C14H11FN2OS/c15-10-5-3-4-9(8-16)13(10)19-14-17-11-6-1-2-7-12(11)18-14/h1-7H,8,16H2. The van der Waals surface area contributed by atoms with E-state index in [1.165, 1.54) is 6.07 Å². The van der Waals surface area contributed by atoms with Gasteiger partial charge in [0.2, 0.25) is 0 Å². The van der Waals surface area contributed by atoms with Crippen LogP contribution in [-0.4, -0.2) is 4.98 Å². The highest BCUT2D eigenvalue weighted by atomic mass is 32.2. The van der Waals surface area contributed by atoms with Gasteiger partial charge in [0, 0.05) is 6.54 Å². The number of halogens is 1. The first kappa shape index (κ1) is 12.2. The zero-order valence-corrected chi connectivity index (χ0v) is 10.8. The molecular formula is C14H11FN2OS. The molecule has 5 heteroatoms. The van der Waals surface area contributed by atoms with Crippen LogP contribution in [0.4, 0.5) is 4.39 Å². The van der Waals surface area contributed by atoms with Crippen LogP contribution in [0.15, 0.2) is 57.0 Å². The molecule has 0 radical (unpaired) electrons. The minimum atomic E-state index is -0.310. The van der Waals surface area contributed by atoms with Crippen LogP contribution in [0.2, 0.25) is 0 Å². The lowest BCUT2D eigenvalue weighted by molar-refractivity contribution is 0.488. The Labute approximate surface area is 113 Å². The van der Waals surface area contributed by atoms with Gasteiger partial charge in [-0.3, -0.25) is 0 Å². The van der Waals surface area contributed by atoms with E-state index in [9.17, 15) is 4.39 Å². The second-order valence-electron chi connectivity index (χ2n) is 3.98. The monoisotopic (exact) mass is 274 g/mol. The van der Waals surface area contributed by atoms with Crippen LogP contribution in [0.1, 0.15) is 5.56 Å². The summed E-state index contributed by atoms with van der Waals surface area (Å²) in [5.41, 5.74) is 7.81. The SMILES string of the molecule is NCc1cccc(F)c1Sc1nc2ccccc2o1. The Balaban J connectivity index is 2.01. The maximum absolute atomic E-state index is 13.8. The van der Waals surface area contributed by atoms with E-state index in [1.54, 1.807) is 12.1 Å². The molecule has 0 saturated carbocycles. The molecule has 2 N–H and O–H groups in total. The number of fused-ring (bicyclic) bond motifs is 1. The van der Waals surface area contributed by atoms with Crippen LogP contribution in [0.25, 0.3) is 11.1 Å². The van der Waals surface area contributed by atoms with Gasteiger partial charge in [-0.15, -0.1) is 0 Å². The number of hydrogen-bond donors (Lipinski definition) is 1. The van der Waals surface area contributed by atoms with Crippen LogP contribution in [0.3, 0.4) is 0 Å². The highest BCUT2D eigenvalue weighted by molar-refractivity contribution is 7.99. The van der Waals surface area contributed by atoms with Gasteiger partial charge in [0.1, 0.15) is 11.3 Å². The van der Waals surface area contributed by atoms with E-state index in [2.05, 4.69) is 4.98 Å². The molecule has 0 aliphatic heterocycles. The Kier molecular flexibility index (Phi) is 3.23. The smallest absolute Gasteiger partial charge is 0.261 e. The Hall–Kier alpha value is -1.85. The van der Waals surface area contributed by atoms with Crippen LogP contribution < -0.4 is 5.73 Å². The molecule has 1 aromatic heterocycles. The largest absolute Gasteiger partial charge is 0.431 e. The van der Waals surface area contributed by atoms with Gasteiger partial charge in [-0.2, -0.15) is 0 Å². The lowest BCUT2D eigenvalue weighted by Crippen LogP contribution is -1.99. The number of benzene rings is 2. The molecule has 0 aliphatic rings. The zero-order valence-electron chi connectivity index (χ0n) is 9.97. The Morgan fingerprint density at radius 1 is 1.16 bits per heavy atom. The fourth-order valence-corrected chi connectivity index (χ4v) is 2.71. The van der Waals surface area contributed by atoms with Crippen LogP contribution in [0.5, 0.6) is 0 Å². The van der Waals surface area contributed by atoms with Gasteiger partial charge in [-0.1, -0.05) is 24.3 Å². The van der Waals surface area contributed by atoms with Crippen molar-refractivity contribution in [1.29, 1.82) is 0 Å². The lowest BCUT2D eigenvalue weighted by atomic mass is 10.2. The summed E-state index contributed by atoms with van der Waals surface area (Å²) in [5, 5.41) is 0.418. The van der Waals surface area contributed by atoms with E-state index in [1.807, 2.05) is 24.3 Å². The summed E-state index contributed by atoms with van der Waals surface area (Å²) >= 11 is 1.16. The Morgan fingerprint density at radius 3 is 2.79 bits per heavy atom. The minimum Gasteiger partial charge on any atom is -0.431 e. The van der Waals surface area contributed by atoms with Crippen molar-refractivity contribution in [1.82, 2.24) is 4.98 Å². The highest BCUT2D eigenvalue weighted by Crippen LogP contribution is 2.33. The van der Waals surface area contributed by atoms with Crippen molar-refractivity contribution in [2.75, 3.05) is 0 Å². The molecule has 3 rings (SSSR count). The molecule has 0 fully saturated rings. The van der Waals surface area contributed by atoms with E-state index in [0.29, 0.717) is 15.7 Å². The van der Waals surface area contributed by atoms with Gasteiger partial charge in [-0.25, -0.2) is 9.37 Å². The third-order valence-electron chi connectivity index (χ3n) is 2.73. The number of oxazole rings is 1. The van der Waals surface area contributed by atoms with Gasteiger partial charge >= 0.3 is 0 Å². The third kappa shape index (κ3) is 2.34. The predicted molar refractivity (Wildman–Crippen MR) is 72.4 cm³/mol. The van der Waals surface area contributed by atoms with Gasteiger partial charge in [-0.05, 0) is 35.5 Å². The first-order valence-corrected chi connectivity index (χ1v) is 6.60. The second kappa shape index (κ2) is 5.03. The van der Waals surface area contributed by atoms with Crippen molar-refractivity contribution in [3.8, 4) is 0 Å². The number of para-hydroxylation sites is 2. The van der Waals surface area contributed by atoms with E-state index >= 15 is 0 Å². The first-order chi connectivity index (χ1) is 9.28. The molecule has 3 aromatic rings. The molecule has 0 amide bonds. The first-order valence-electron chi connectivity index (χ1n) is 5.79. The van der Waals surface area contributed by atoms with Crippen LogP contribution in [-0.2, 0) is 6.54 Å². The van der Waals surface area contributed by atoms with Gasteiger partial charge in [0.05, 0.1) is 4.90 Å². The summed E-state index contributed by atoms with van der Waals surface area (Å²) in [7, 11) is 0. The molecule has 96 valence electrons. The summed E-state index contributed by atoms with van der Waals surface area (Å²) in [6.45, 7) is 0.278. The average molecular weight is 274 g/mol. The predicted octanol–water partition coefficient (Wildman–Crippen LogP) is 3.58. The van der Waals surface area contributed by atoms with Gasteiger partial charge in [0.15, 0.2) is 5.58 Å². The van der Waals surface area contributed by atoms with Gasteiger partial charge in [0.25, 0.3) is 5.22 Å². The molecule has 0 atom stereocenters. The molecule has 2 aromatic carbocycles. The highest BCUT2D eigenvalue weighted by Gasteiger charge is 2.13. The van der Waals surface area contributed by atoms with Crippen molar-refractivity contribution in [3.63, 3.8) is 0 Å². The summed E-state index contributed by atoms with van der Waals surface area (Å²) in [5.74, 6) is -0.310. The van der Waals surface area contributed by atoms with Gasteiger partial charge < -0.3 is 10.2 Å². The molecule has 0 aliphatic carbocycles. The Morgan fingerprint density at radius 2 is 2.00 bits per heavy atom. The fourth-order valence-electron chi connectivity index (χ4n) is 1.81. The third-order valence-corrected chi connectivity index (χ3v) is 3.74. The maximum atomic E-state index is 13.8. The molecule has 0 saturated heterocycles. The topological polar surface area (TPSA) is 52.0 Å². The van der Waals surface area contributed by atoms with E-state index < -0.39 is 0 Å². The summed E-state index contributed by atoms with van der Waals surface area (Å²) in [6, 6.07) is 12.3. The average Bonchev–Trinajstić information content (AvgIpc) is 2.83. The van der Waals surface area contributed by atoms with E-state index in [0.717, 1.165) is 22.8 Å². The van der Waals surface area contributed by atoms with Crippen molar-refractivity contribution in [2.45, 2.75) is 16.7 Å². The number of hydrogen-bond acceptors (Lipinski definition) is 4. The molecule has 1 heterocycles. The molecule has 0 spiro atoms. The summed E-state index contributed by atoms with van der Waals surface area (Å²) in [6.07, 6.45) is 0. The molecule has 0 unspecified atom stereocenters. The molecular weight excluding hydrogens is 263 g/mol. The maximum Gasteiger partial charge on any atom is 0.261 e. The normalized spacial score (nSPS) is 11.1. The molecule has 3 nitrogen and oxygen atoms in total.